The van der Waals surface area contributed by atoms with Crippen molar-refractivity contribution in [1.82, 2.24) is 10.4 Å². The maximum Gasteiger partial charge on any atom is 0.273 e. The maximum atomic E-state index is 13.5. The van der Waals surface area contributed by atoms with Crippen LogP contribution >= 0.6 is 0 Å². The summed E-state index contributed by atoms with van der Waals surface area (Å²) in [5.74, 6) is -0.148. The largest absolute Gasteiger partial charge is 0.496 e. The normalized spacial score (nSPS) is 11.5. The number of methoxy groups -OCH3 is 1. The zero-order valence-electron chi connectivity index (χ0n) is 19.7. The van der Waals surface area contributed by atoms with Crippen molar-refractivity contribution in [2.24, 2.45) is 4.99 Å². The number of hydrogen-bond acceptors (Lipinski definition) is 5. The molecule has 32 heavy (non-hydrogen) atoms. The van der Waals surface area contributed by atoms with E-state index in [1.807, 2.05) is 26.8 Å². The number of hydrogen-bond donors (Lipinski definition) is 2. The molecule has 2 rings (SSSR count). The smallest absolute Gasteiger partial charge is 0.273 e. The first-order valence-corrected chi connectivity index (χ1v) is 10.7. The maximum absolute atomic E-state index is 13.5. The lowest BCUT2D eigenvalue weighted by atomic mass is 10.0. The zero-order valence-corrected chi connectivity index (χ0v) is 19.7. The minimum atomic E-state index is -0.954. The Morgan fingerprint density at radius 2 is 1.84 bits per heavy atom. The monoisotopic (exact) mass is 439 g/mol. The van der Waals surface area contributed by atoms with E-state index in [0.29, 0.717) is 23.3 Å². The highest BCUT2D eigenvalue weighted by Gasteiger charge is 2.33. The van der Waals surface area contributed by atoms with E-state index < -0.39 is 11.4 Å². The number of aliphatic imine (C=N–C) groups is 1. The van der Waals surface area contributed by atoms with Gasteiger partial charge in [0.05, 0.1) is 25.8 Å². The molecule has 0 aliphatic carbocycles. The van der Waals surface area contributed by atoms with Gasteiger partial charge in [-0.05, 0) is 58.4 Å². The number of nitrogens with one attached hydrogen (secondary N) is 1. The summed E-state index contributed by atoms with van der Waals surface area (Å²) in [5.41, 5.74) is 5.41. The van der Waals surface area contributed by atoms with Gasteiger partial charge >= 0.3 is 0 Å². The molecule has 2 amide bonds. The number of aryl methyl sites for hydroxylation is 2. The molecule has 2 N–H and O–H groups in total. The zero-order chi connectivity index (χ0) is 23.9. The lowest BCUT2D eigenvalue weighted by molar-refractivity contribution is 0.0449. The first-order valence-electron chi connectivity index (χ1n) is 10.7. The van der Waals surface area contributed by atoms with Crippen molar-refractivity contribution >= 4 is 18.0 Å². The van der Waals surface area contributed by atoms with Gasteiger partial charge in [-0.15, -0.1) is 0 Å². The van der Waals surface area contributed by atoms with Gasteiger partial charge in [-0.2, -0.15) is 0 Å². The Balaban J connectivity index is 2.49. The van der Waals surface area contributed by atoms with E-state index in [1.165, 1.54) is 5.01 Å². The van der Waals surface area contributed by atoms with Crippen molar-refractivity contribution in [2.75, 3.05) is 20.3 Å². The first kappa shape index (κ1) is 25.1. The minimum absolute atomic E-state index is 0.104. The summed E-state index contributed by atoms with van der Waals surface area (Å²) in [6, 6.07) is 10.8. The van der Waals surface area contributed by atoms with Crippen molar-refractivity contribution in [3.63, 3.8) is 0 Å². The van der Waals surface area contributed by atoms with Crippen LogP contribution in [-0.4, -0.2) is 53.9 Å². The topological polar surface area (TPSA) is 91.2 Å². The molecule has 0 atom stereocenters. The third-order valence-electron chi connectivity index (χ3n) is 5.05. The van der Waals surface area contributed by atoms with Gasteiger partial charge in [-0.25, -0.2) is 5.01 Å². The second-order valence-electron chi connectivity index (χ2n) is 8.21. The van der Waals surface area contributed by atoms with Crippen LogP contribution in [0.1, 0.15) is 58.2 Å². The molecule has 0 saturated carbocycles. The van der Waals surface area contributed by atoms with Crippen LogP contribution in [0.2, 0.25) is 0 Å². The molecule has 0 heterocycles. The molecule has 2 aromatic carbocycles. The molecule has 0 spiro atoms. The van der Waals surface area contributed by atoms with Crippen LogP contribution in [0, 0.1) is 13.8 Å². The fourth-order valence-corrected chi connectivity index (χ4v) is 3.58. The third kappa shape index (κ3) is 5.95. The molecule has 7 heteroatoms. The summed E-state index contributed by atoms with van der Waals surface area (Å²) >= 11 is 0. The number of amides is 2. The molecule has 0 radical (unpaired) electrons. The number of ether oxygens (including phenoxy) is 1. The number of carbonyl (C=O) groups is 2. The highest BCUT2D eigenvalue weighted by atomic mass is 16.5. The Morgan fingerprint density at radius 1 is 1.19 bits per heavy atom. The SMILES string of the molecule is CCc1c(OC)cccc1C(=O)NN(C(=O)c1cc(C)cc(C)c1)C(C)(C)C=NCCO. The molecule has 0 fully saturated rings. The van der Waals surface area contributed by atoms with Crippen molar-refractivity contribution in [1.29, 1.82) is 0 Å². The molecule has 0 bridgehead atoms. The summed E-state index contributed by atoms with van der Waals surface area (Å²) in [6.45, 7) is 9.45. The molecule has 172 valence electrons. The number of nitrogens with zero attached hydrogens (tertiary/aromatic N) is 2. The lowest BCUT2D eigenvalue weighted by Gasteiger charge is -2.36. The Hall–Kier alpha value is -3.19. The molecule has 0 saturated heterocycles. The highest BCUT2D eigenvalue weighted by Crippen LogP contribution is 2.24. The molecule has 0 aliphatic heterocycles. The van der Waals surface area contributed by atoms with E-state index in [9.17, 15) is 9.59 Å². The fraction of sp³-hybridized carbons (Fsp3) is 0.400. The van der Waals surface area contributed by atoms with Gasteiger partial charge in [0, 0.05) is 22.9 Å². The van der Waals surface area contributed by atoms with Crippen LogP contribution in [0.25, 0.3) is 0 Å². The highest BCUT2D eigenvalue weighted by molar-refractivity contribution is 6.01. The Labute approximate surface area is 190 Å². The van der Waals surface area contributed by atoms with E-state index in [4.69, 9.17) is 9.84 Å². The van der Waals surface area contributed by atoms with E-state index in [0.717, 1.165) is 16.7 Å². The molecule has 0 aliphatic rings. The predicted octanol–water partition coefficient (Wildman–Crippen LogP) is 3.50. The quantitative estimate of drug-likeness (QED) is 0.486. The van der Waals surface area contributed by atoms with Gasteiger partial charge in [0.2, 0.25) is 0 Å². The summed E-state index contributed by atoms with van der Waals surface area (Å²) in [5, 5.41) is 10.4. The molecular formula is C25H33N3O4. The Kier molecular flexibility index (Phi) is 8.55. The molecule has 7 nitrogen and oxygen atoms in total. The summed E-state index contributed by atoms with van der Waals surface area (Å²) in [6.07, 6.45) is 2.16. The van der Waals surface area contributed by atoms with Gasteiger partial charge in [-0.1, -0.05) is 30.2 Å². The average Bonchev–Trinajstić information content (AvgIpc) is 2.75. The van der Waals surface area contributed by atoms with Gasteiger partial charge in [0.15, 0.2) is 0 Å². The predicted molar refractivity (Wildman–Crippen MR) is 126 cm³/mol. The van der Waals surface area contributed by atoms with Crippen LogP contribution in [0.4, 0.5) is 0 Å². The van der Waals surface area contributed by atoms with Gasteiger partial charge in [-0.3, -0.25) is 20.0 Å². The first-order chi connectivity index (χ1) is 15.1. The number of carbonyl (C=O) groups excluding carboxylic acids is 2. The summed E-state index contributed by atoms with van der Waals surface area (Å²) in [4.78, 5) is 31.0. The molecule has 2 aromatic rings. The number of hydrazine groups is 1. The van der Waals surface area contributed by atoms with Crippen molar-refractivity contribution < 1.29 is 19.4 Å². The van der Waals surface area contributed by atoms with Gasteiger partial charge < -0.3 is 9.84 Å². The third-order valence-corrected chi connectivity index (χ3v) is 5.05. The van der Waals surface area contributed by atoms with Crippen molar-refractivity contribution in [3.05, 3.63) is 64.2 Å². The van der Waals surface area contributed by atoms with Gasteiger partial charge in [0.25, 0.3) is 11.8 Å². The minimum Gasteiger partial charge on any atom is -0.496 e. The van der Waals surface area contributed by atoms with Crippen molar-refractivity contribution in [2.45, 2.75) is 46.6 Å². The lowest BCUT2D eigenvalue weighted by Crippen LogP contribution is -2.58. The number of aliphatic hydroxyl groups excluding tert-OH is 1. The van der Waals surface area contributed by atoms with Crippen LogP contribution in [0.5, 0.6) is 5.75 Å². The van der Waals surface area contributed by atoms with E-state index >= 15 is 0 Å². The van der Waals surface area contributed by atoms with Gasteiger partial charge in [0.1, 0.15) is 5.75 Å². The van der Waals surface area contributed by atoms with E-state index in [-0.39, 0.29) is 19.1 Å². The number of aliphatic hydroxyl groups is 1. The van der Waals surface area contributed by atoms with Crippen LogP contribution in [-0.2, 0) is 6.42 Å². The second-order valence-corrected chi connectivity index (χ2v) is 8.21. The second kappa shape index (κ2) is 10.9. The van der Waals surface area contributed by atoms with E-state index in [2.05, 4.69) is 10.4 Å². The van der Waals surface area contributed by atoms with Crippen LogP contribution in [0.3, 0.4) is 0 Å². The fourth-order valence-electron chi connectivity index (χ4n) is 3.58. The Bertz CT molecular complexity index is 978. The molecule has 0 aromatic heterocycles. The average molecular weight is 440 g/mol. The summed E-state index contributed by atoms with van der Waals surface area (Å²) in [7, 11) is 1.56. The van der Waals surface area contributed by atoms with Crippen LogP contribution in [0.15, 0.2) is 41.4 Å². The van der Waals surface area contributed by atoms with Crippen LogP contribution < -0.4 is 10.2 Å². The van der Waals surface area contributed by atoms with Crippen molar-refractivity contribution in [3.8, 4) is 5.75 Å². The van der Waals surface area contributed by atoms with E-state index in [1.54, 1.807) is 57.5 Å². The number of rotatable bonds is 8. The molecule has 0 unspecified atom stereocenters. The Morgan fingerprint density at radius 3 is 2.41 bits per heavy atom. The standard InChI is InChI=1S/C25H33N3O4/c1-7-20-21(9-8-10-22(20)32-6)23(30)27-28(25(4,5)16-26-11-12-29)24(31)19-14-17(2)13-18(3)15-19/h8-10,13-16,29H,7,11-12H2,1-6H3,(H,27,30). The molecular weight excluding hydrogens is 406 g/mol. The number of benzene rings is 2. The summed E-state index contributed by atoms with van der Waals surface area (Å²) < 4.78 is 5.40.